The molecule has 3 aromatic heterocycles. The van der Waals surface area contributed by atoms with E-state index >= 15 is 0 Å². The first kappa shape index (κ1) is 17.8. The summed E-state index contributed by atoms with van der Waals surface area (Å²) < 4.78 is 4.77. The highest BCUT2D eigenvalue weighted by Crippen LogP contribution is 2.27. The number of para-hydroxylation sites is 1. The molecule has 6 nitrogen and oxygen atoms in total. The molecular formula is C21H15N3O3S. The van der Waals surface area contributed by atoms with E-state index in [0.717, 1.165) is 10.9 Å². The van der Waals surface area contributed by atoms with Crippen LogP contribution in [0.25, 0.3) is 22.2 Å². The van der Waals surface area contributed by atoms with E-state index in [-0.39, 0.29) is 5.91 Å². The second kappa shape index (κ2) is 7.58. The quantitative estimate of drug-likeness (QED) is 0.523. The van der Waals surface area contributed by atoms with E-state index < -0.39 is 5.97 Å². The topological polar surface area (TPSA) is 81.2 Å². The molecule has 0 radical (unpaired) electrons. The van der Waals surface area contributed by atoms with Crippen molar-refractivity contribution in [1.29, 1.82) is 0 Å². The van der Waals surface area contributed by atoms with Crippen molar-refractivity contribution in [2.75, 3.05) is 12.4 Å². The molecule has 0 unspecified atom stereocenters. The number of carbonyl (C=O) groups excluding carboxylic acids is 2. The third-order valence-corrected chi connectivity index (χ3v) is 5.12. The van der Waals surface area contributed by atoms with Crippen molar-refractivity contribution < 1.29 is 14.3 Å². The Morgan fingerprint density at radius 3 is 2.64 bits per heavy atom. The number of hydrogen-bond donors (Lipinski definition) is 1. The average molecular weight is 389 g/mol. The van der Waals surface area contributed by atoms with Gasteiger partial charge in [-0.05, 0) is 35.7 Å². The van der Waals surface area contributed by atoms with Gasteiger partial charge in [0, 0.05) is 23.3 Å². The zero-order valence-corrected chi connectivity index (χ0v) is 15.7. The predicted molar refractivity (Wildman–Crippen MR) is 109 cm³/mol. The van der Waals surface area contributed by atoms with E-state index in [9.17, 15) is 9.59 Å². The maximum atomic E-state index is 13.1. The molecular weight excluding hydrogens is 374 g/mol. The Morgan fingerprint density at radius 1 is 1.07 bits per heavy atom. The molecule has 0 fully saturated rings. The Balaban J connectivity index is 1.78. The van der Waals surface area contributed by atoms with E-state index in [4.69, 9.17) is 4.74 Å². The fourth-order valence-electron chi connectivity index (χ4n) is 2.88. The lowest BCUT2D eigenvalue weighted by molar-refractivity contribution is 0.0607. The molecule has 0 saturated carbocycles. The first-order valence-corrected chi connectivity index (χ1v) is 9.32. The van der Waals surface area contributed by atoms with Crippen LogP contribution in [0.3, 0.4) is 0 Å². The number of fused-ring (bicyclic) bond motifs is 1. The van der Waals surface area contributed by atoms with Crippen molar-refractivity contribution in [3.63, 3.8) is 0 Å². The Kier molecular flexibility index (Phi) is 4.82. The molecule has 1 N–H and O–H groups in total. The lowest BCUT2D eigenvalue weighted by atomic mass is 10.0. The summed E-state index contributed by atoms with van der Waals surface area (Å²) in [5.74, 6) is -0.806. The van der Waals surface area contributed by atoms with Gasteiger partial charge in [-0.2, -0.15) is 0 Å². The first-order chi connectivity index (χ1) is 13.7. The summed E-state index contributed by atoms with van der Waals surface area (Å²) in [7, 11) is 1.31. The molecule has 0 atom stereocenters. The maximum absolute atomic E-state index is 13.1. The number of pyridine rings is 2. The Morgan fingerprint density at radius 2 is 1.86 bits per heavy atom. The standard InChI is InChI=1S/C21H15N3O3S/c1-27-21(26)19-17(8-11-28-19)24-20(25)15-12-18(13-6-9-22-10-7-13)23-16-5-3-2-4-14(15)16/h2-12H,1H3,(H,24,25). The highest BCUT2D eigenvalue weighted by atomic mass is 32.1. The normalized spacial score (nSPS) is 10.6. The fourth-order valence-corrected chi connectivity index (χ4v) is 3.65. The third-order valence-electron chi connectivity index (χ3n) is 4.22. The van der Waals surface area contributed by atoms with Gasteiger partial charge >= 0.3 is 5.97 Å². The molecule has 0 saturated heterocycles. The van der Waals surface area contributed by atoms with Crippen LogP contribution < -0.4 is 5.32 Å². The van der Waals surface area contributed by atoms with Crippen molar-refractivity contribution >= 4 is 39.8 Å². The number of carbonyl (C=O) groups is 2. The lowest BCUT2D eigenvalue weighted by Gasteiger charge is -2.11. The van der Waals surface area contributed by atoms with E-state index in [1.807, 2.05) is 36.4 Å². The van der Waals surface area contributed by atoms with Gasteiger partial charge in [-0.25, -0.2) is 9.78 Å². The second-order valence-electron chi connectivity index (χ2n) is 5.92. The van der Waals surface area contributed by atoms with E-state index in [0.29, 0.717) is 27.3 Å². The molecule has 1 amide bonds. The van der Waals surface area contributed by atoms with Crippen LogP contribution in [-0.2, 0) is 4.74 Å². The van der Waals surface area contributed by atoms with Gasteiger partial charge < -0.3 is 10.1 Å². The second-order valence-corrected chi connectivity index (χ2v) is 6.83. The number of rotatable bonds is 4. The van der Waals surface area contributed by atoms with Gasteiger partial charge in [-0.15, -0.1) is 11.3 Å². The van der Waals surface area contributed by atoms with Gasteiger partial charge in [-0.1, -0.05) is 18.2 Å². The van der Waals surface area contributed by atoms with E-state index in [2.05, 4.69) is 15.3 Å². The minimum Gasteiger partial charge on any atom is -0.465 e. The third kappa shape index (κ3) is 3.35. The number of benzene rings is 1. The molecule has 4 rings (SSSR count). The summed E-state index contributed by atoms with van der Waals surface area (Å²) in [4.78, 5) is 34.0. The highest BCUT2D eigenvalue weighted by Gasteiger charge is 2.19. The van der Waals surface area contributed by atoms with Crippen LogP contribution in [0.5, 0.6) is 0 Å². The largest absolute Gasteiger partial charge is 0.465 e. The number of hydrogen-bond acceptors (Lipinski definition) is 6. The van der Waals surface area contributed by atoms with E-state index in [1.165, 1.54) is 18.4 Å². The number of thiophene rings is 1. The molecule has 0 bridgehead atoms. The van der Waals surface area contributed by atoms with Gasteiger partial charge in [-0.3, -0.25) is 9.78 Å². The number of amides is 1. The van der Waals surface area contributed by atoms with Crippen molar-refractivity contribution in [3.8, 4) is 11.3 Å². The zero-order chi connectivity index (χ0) is 19.5. The number of ether oxygens (including phenoxy) is 1. The average Bonchev–Trinajstić information content (AvgIpc) is 3.21. The summed E-state index contributed by atoms with van der Waals surface area (Å²) in [6, 6.07) is 14.6. The fraction of sp³-hybridized carbons (Fsp3) is 0.0476. The minimum atomic E-state index is -0.484. The number of nitrogens with zero attached hydrogens (tertiary/aromatic N) is 2. The summed E-state index contributed by atoms with van der Waals surface area (Å²) in [5, 5.41) is 5.28. The zero-order valence-electron chi connectivity index (χ0n) is 14.9. The SMILES string of the molecule is COC(=O)c1sccc1NC(=O)c1cc(-c2ccncc2)nc2ccccc12. The summed E-state index contributed by atoms with van der Waals surface area (Å²) in [6.45, 7) is 0. The Hall–Kier alpha value is -3.58. The van der Waals surface area contributed by atoms with Crippen LogP contribution in [0.1, 0.15) is 20.0 Å². The molecule has 0 aliphatic carbocycles. The Labute approximate surface area is 164 Å². The highest BCUT2D eigenvalue weighted by molar-refractivity contribution is 7.12. The minimum absolute atomic E-state index is 0.322. The van der Waals surface area contributed by atoms with Crippen LogP contribution in [0, 0.1) is 0 Å². The molecule has 7 heteroatoms. The molecule has 138 valence electrons. The van der Waals surface area contributed by atoms with Gasteiger partial charge in [0.2, 0.25) is 0 Å². The van der Waals surface area contributed by atoms with Crippen LogP contribution >= 0.6 is 11.3 Å². The number of anilines is 1. The summed E-state index contributed by atoms with van der Waals surface area (Å²) in [6.07, 6.45) is 3.36. The van der Waals surface area contributed by atoms with Gasteiger partial charge in [0.25, 0.3) is 5.91 Å². The van der Waals surface area contributed by atoms with Gasteiger partial charge in [0.05, 0.1) is 29.6 Å². The number of aromatic nitrogens is 2. The molecule has 0 spiro atoms. The predicted octanol–water partition coefficient (Wildman–Crippen LogP) is 4.40. The van der Waals surface area contributed by atoms with Crippen LogP contribution in [0.4, 0.5) is 5.69 Å². The van der Waals surface area contributed by atoms with Crippen molar-refractivity contribution in [2.24, 2.45) is 0 Å². The first-order valence-electron chi connectivity index (χ1n) is 8.44. The van der Waals surface area contributed by atoms with Crippen molar-refractivity contribution in [3.05, 3.63) is 76.7 Å². The van der Waals surface area contributed by atoms with Crippen molar-refractivity contribution in [1.82, 2.24) is 9.97 Å². The van der Waals surface area contributed by atoms with E-state index in [1.54, 1.807) is 29.9 Å². The molecule has 0 aliphatic heterocycles. The van der Waals surface area contributed by atoms with Crippen LogP contribution in [-0.4, -0.2) is 29.0 Å². The lowest BCUT2D eigenvalue weighted by Crippen LogP contribution is -2.15. The summed E-state index contributed by atoms with van der Waals surface area (Å²) in [5.41, 5.74) is 3.14. The van der Waals surface area contributed by atoms with Gasteiger partial charge in [0.15, 0.2) is 0 Å². The number of methoxy groups -OCH3 is 1. The van der Waals surface area contributed by atoms with Gasteiger partial charge in [0.1, 0.15) is 4.88 Å². The molecule has 28 heavy (non-hydrogen) atoms. The molecule has 4 aromatic rings. The molecule has 0 aliphatic rings. The summed E-state index contributed by atoms with van der Waals surface area (Å²) >= 11 is 1.21. The van der Waals surface area contributed by atoms with Crippen LogP contribution in [0.15, 0.2) is 66.3 Å². The molecule has 3 heterocycles. The molecule has 1 aromatic carbocycles. The number of esters is 1. The monoisotopic (exact) mass is 389 g/mol. The number of nitrogens with one attached hydrogen (secondary N) is 1. The smallest absolute Gasteiger partial charge is 0.350 e. The Bertz CT molecular complexity index is 1170. The van der Waals surface area contributed by atoms with Crippen molar-refractivity contribution in [2.45, 2.75) is 0 Å². The van der Waals surface area contributed by atoms with Crippen LogP contribution in [0.2, 0.25) is 0 Å². The maximum Gasteiger partial charge on any atom is 0.350 e.